The zero-order valence-electron chi connectivity index (χ0n) is 9.42. The number of nitrogens with zero attached hydrogens (tertiary/aromatic N) is 1. The number of rotatable bonds is 0. The third kappa shape index (κ3) is 1.19. The molecule has 0 amide bonds. The monoisotopic (exact) mass is 195 g/mol. The Kier molecular flexibility index (Phi) is 1.66. The molecular formula is C11H17NO2. The Labute approximate surface area is 84.6 Å². The zero-order chi connectivity index (χ0) is 10.6. The highest BCUT2D eigenvalue weighted by Gasteiger charge is 2.46. The minimum absolute atomic E-state index is 0.304. The summed E-state index contributed by atoms with van der Waals surface area (Å²) in [5, 5.41) is 0. The van der Waals surface area contributed by atoms with Crippen LogP contribution in [0, 0.1) is 0 Å². The summed E-state index contributed by atoms with van der Waals surface area (Å²) in [6.45, 7) is 8.18. The van der Waals surface area contributed by atoms with E-state index in [0.717, 1.165) is 11.5 Å². The van der Waals surface area contributed by atoms with Crippen LogP contribution in [0.2, 0.25) is 0 Å². The molecule has 0 atom stereocenters. The highest BCUT2D eigenvalue weighted by molar-refractivity contribution is 5.41. The van der Waals surface area contributed by atoms with Crippen LogP contribution in [-0.4, -0.2) is 15.8 Å². The molecule has 78 valence electrons. The summed E-state index contributed by atoms with van der Waals surface area (Å²) >= 11 is 0. The van der Waals surface area contributed by atoms with Crippen LogP contribution in [-0.2, 0) is 7.05 Å². The summed E-state index contributed by atoms with van der Waals surface area (Å²) < 4.78 is 13.8. The molecule has 0 spiro atoms. The van der Waals surface area contributed by atoms with Crippen molar-refractivity contribution in [2.24, 2.45) is 7.05 Å². The van der Waals surface area contributed by atoms with Crippen molar-refractivity contribution in [1.29, 1.82) is 0 Å². The molecule has 1 aliphatic rings. The van der Waals surface area contributed by atoms with E-state index in [0.29, 0.717) is 0 Å². The van der Waals surface area contributed by atoms with Gasteiger partial charge in [-0.3, -0.25) is 0 Å². The van der Waals surface area contributed by atoms with Crippen molar-refractivity contribution in [3.8, 4) is 11.5 Å². The van der Waals surface area contributed by atoms with Crippen LogP contribution in [0.25, 0.3) is 0 Å². The highest BCUT2D eigenvalue weighted by Crippen LogP contribution is 2.43. The molecule has 0 aliphatic carbocycles. The van der Waals surface area contributed by atoms with E-state index in [-0.39, 0.29) is 11.2 Å². The molecule has 0 saturated carbocycles. The standard InChI is InChI=1S/C11H17NO2/c1-10(2)11(3,4)14-9-7-12(5)6-8(9)13-10/h6-7H,1-5H3. The van der Waals surface area contributed by atoms with Crippen LogP contribution < -0.4 is 9.47 Å². The normalized spacial score (nSPS) is 22.1. The van der Waals surface area contributed by atoms with Gasteiger partial charge in [0.15, 0.2) is 11.5 Å². The largest absolute Gasteiger partial charge is 0.478 e. The first-order valence-corrected chi connectivity index (χ1v) is 4.86. The zero-order valence-corrected chi connectivity index (χ0v) is 9.42. The van der Waals surface area contributed by atoms with Crippen LogP contribution in [0.15, 0.2) is 12.4 Å². The van der Waals surface area contributed by atoms with E-state index in [1.165, 1.54) is 0 Å². The molecule has 2 heterocycles. The summed E-state index contributed by atoms with van der Waals surface area (Å²) in [6.07, 6.45) is 3.87. The first kappa shape index (κ1) is 9.44. The molecule has 0 radical (unpaired) electrons. The van der Waals surface area contributed by atoms with Gasteiger partial charge in [-0.25, -0.2) is 0 Å². The molecule has 1 aliphatic heterocycles. The molecule has 0 aromatic carbocycles. The summed E-state index contributed by atoms with van der Waals surface area (Å²) in [7, 11) is 1.96. The van der Waals surface area contributed by atoms with Gasteiger partial charge in [0.2, 0.25) is 0 Å². The predicted molar refractivity (Wildman–Crippen MR) is 54.8 cm³/mol. The van der Waals surface area contributed by atoms with Gasteiger partial charge in [-0.05, 0) is 27.7 Å². The SMILES string of the molecule is Cn1cc2c(c1)OC(C)(C)C(C)(C)O2. The number of aryl methyl sites for hydroxylation is 1. The molecule has 1 aromatic heterocycles. The van der Waals surface area contributed by atoms with E-state index < -0.39 is 0 Å². The molecule has 1 aromatic rings. The number of aromatic nitrogens is 1. The van der Waals surface area contributed by atoms with Crippen LogP contribution in [0.4, 0.5) is 0 Å². The Hall–Kier alpha value is -1.12. The van der Waals surface area contributed by atoms with Gasteiger partial charge in [-0.1, -0.05) is 0 Å². The van der Waals surface area contributed by atoms with Gasteiger partial charge >= 0.3 is 0 Å². The van der Waals surface area contributed by atoms with Gasteiger partial charge in [0.05, 0.1) is 0 Å². The smallest absolute Gasteiger partial charge is 0.179 e. The van der Waals surface area contributed by atoms with E-state index >= 15 is 0 Å². The minimum Gasteiger partial charge on any atom is -0.478 e. The van der Waals surface area contributed by atoms with Gasteiger partial charge < -0.3 is 14.0 Å². The Bertz CT molecular complexity index is 330. The highest BCUT2D eigenvalue weighted by atomic mass is 16.6. The van der Waals surface area contributed by atoms with Crippen molar-refractivity contribution in [3.05, 3.63) is 12.4 Å². The van der Waals surface area contributed by atoms with Crippen LogP contribution in [0.5, 0.6) is 11.5 Å². The summed E-state index contributed by atoms with van der Waals surface area (Å²) in [6, 6.07) is 0. The molecule has 3 heteroatoms. The van der Waals surface area contributed by atoms with Gasteiger partial charge in [-0.2, -0.15) is 0 Å². The third-order valence-electron chi connectivity index (χ3n) is 3.06. The number of fused-ring (bicyclic) bond motifs is 1. The molecule has 0 N–H and O–H groups in total. The number of hydrogen-bond acceptors (Lipinski definition) is 2. The first-order valence-electron chi connectivity index (χ1n) is 4.86. The molecule has 2 rings (SSSR count). The Morgan fingerprint density at radius 1 is 0.929 bits per heavy atom. The predicted octanol–water partition coefficient (Wildman–Crippen LogP) is 2.35. The fourth-order valence-electron chi connectivity index (χ4n) is 1.48. The lowest BCUT2D eigenvalue weighted by atomic mass is 9.88. The van der Waals surface area contributed by atoms with Gasteiger partial charge in [-0.15, -0.1) is 0 Å². The Morgan fingerprint density at radius 2 is 1.29 bits per heavy atom. The average Bonchev–Trinajstić information content (AvgIpc) is 2.27. The molecule has 0 saturated heterocycles. The van der Waals surface area contributed by atoms with Crippen LogP contribution >= 0.6 is 0 Å². The Morgan fingerprint density at radius 3 is 1.64 bits per heavy atom. The fourth-order valence-corrected chi connectivity index (χ4v) is 1.48. The van der Waals surface area contributed by atoms with Crippen LogP contribution in [0.1, 0.15) is 27.7 Å². The fraction of sp³-hybridized carbons (Fsp3) is 0.636. The van der Waals surface area contributed by atoms with Crippen molar-refractivity contribution < 1.29 is 9.47 Å². The minimum atomic E-state index is -0.304. The van der Waals surface area contributed by atoms with Gasteiger partial charge in [0, 0.05) is 19.4 Å². The number of ether oxygens (including phenoxy) is 2. The second kappa shape index (κ2) is 2.47. The molecule has 14 heavy (non-hydrogen) atoms. The maximum atomic E-state index is 5.91. The first-order chi connectivity index (χ1) is 6.32. The second-order valence-corrected chi connectivity index (χ2v) is 4.88. The van der Waals surface area contributed by atoms with Crippen molar-refractivity contribution in [2.45, 2.75) is 38.9 Å². The summed E-state index contributed by atoms with van der Waals surface area (Å²) in [5.41, 5.74) is -0.608. The van der Waals surface area contributed by atoms with E-state index in [4.69, 9.17) is 9.47 Å². The lowest BCUT2D eigenvalue weighted by Crippen LogP contribution is -2.55. The van der Waals surface area contributed by atoms with Crippen molar-refractivity contribution in [3.63, 3.8) is 0 Å². The average molecular weight is 195 g/mol. The van der Waals surface area contributed by atoms with E-state index in [1.807, 2.05) is 51.7 Å². The molecule has 0 fully saturated rings. The Balaban J connectivity index is 2.45. The van der Waals surface area contributed by atoms with Gasteiger partial charge in [0.25, 0.3) is 0 Å². The lowest BCUT2D eigenvalue weighted by molar-refractivity contribution is -0.0983. The molecule has 0 bridgehead atoms. The van der Waals surface area contributed by atoms with E-state index in [9.17, 15) is 0 Å². The maximum Gasteiger partial charge on any atom is 0.179 e. The van der Waals surface area contributed by atoms with E-state index in [1.54, 1.807) is 0 Å². The van der Waals surface area contributed by atoms with E-state index in [2.05, 4.69) is 0 Å². The molecular weight excluding hydrogens is 178 g/mol. The second-order valence-electron chi connectivity index (χ2n) is 4.88. The third-order valence-corrected chi connectivity index (χ3v) is 3.06. The maximum absolute atomic E-state index is 5.91. The molecule has 0 unspecified atom stereocenters. The van der Waals surface area contributed by atoms with Gasteiger partial charge in [0.1, 0.15) is 11.2 Å². The summed E-state index contributed by atoms with van der Waals surface area (Å²) in [5.74, 6) is 1.66. The topological polar surface area (TPSA) is 23.4 Å². The summed E-state index contributed by atoms with van der Waals surface area (Å²) in [4.78, 5) is 0. The quantitative estimate of drug-likeness (QED) is 0.634. The van der Waals surface area contributed by atoms with Crippen molar-refractivity contribution in [1.82, 2.24) is 4.57 Å². The van der Waals surface area contributed by atoms with Crippen LogP contribution in [0.3, 0.4) is 0 Å². The lowest BCUT2D eigenvalue weighted by Gasteiger charge is -2.44. The van der Waals surface area contributed by atoms with Crippen molar-refractivity contribution in [2.75, 3.05) is 0 Å². The van der Waals surface area contributed by atoms with Crippen molar-refractivity contribution >= 4 is 0 Å². The number of hydrogen-bond donors (Lipinski definition) is 0. The molecule has 3 nitrogen and oxygen atoms in total.